The average Bonchev–Trinajstić information content (AvgIpc) is 2.80. The van der Waals surface area contributed by atoms with Gasteiger partial charge in [-0.15, -0.1) is 0 Å². The molecule has 0 saturated carbocycles. The Morgan fingerprint density at radius 1 is 1.20 bits per heavy atom. The number of pyridine rings is 1. The molecule has 0 radical (unpaired) electrons. The van der Waals surface area contributed by atoms with E-state index in [4.69, 9.17) is 4.74 Å². The maximum atomic E-state index is 5.39. The zero-order valence-electron chi connectivity index (χ0n) is 11.1. The highest BCUT2D eigenvalue weighted by Gasteiger charge is 2.06. The maximum absolute atomic E-state index is 5.39. The molecule has 3 rings (SSSR count). The molecule has 0 saturated heterocycles. The van der Waals surface area contributed by atoms with Crippen molar-refractivity contribution >= 4 is 27.1 Å². The molecule has 20 heavy (non-hydrogen) atoms. The van der Waals surface area contributed by atoms with E-state index in [0.29, 0.717) is 18.1 Å². The van der Waals surface area contributed by atoms with Crippen LogP contribution in [0.3, 0.4) is 0 Å². The minimum Gasteiger partial charge on any atom is -0.478 e. The van der Waals surface area contributed by atoms with E-state index in [-0.39, 0.29) is 0 Å². The van der Waals surface area contributed by atoms with Gasteiger partial charge in [-0.05, 0) is 30.7 Å². The largest absolute Gasteiger partial charge is 0.478 e. The van der Waals surface area contributed by atoms with Crippen LogP contribution in [0.4, 0.5) is 0 Å². The molecular weight excluding hydrogens is 318 g/mol. The van der Waals surface area contributed by atoms with Crippen LogP contribution in [0.25, 0.3) is 11.2 Å². The van der Waals surface area contributed by atoms with Gasteiger partial charge in [0.25, 0.3) is 0 Å². The number of imidazole rings is 1. The number of nitrogens with zero attached hydrogens (tertiary/aromatic N) is 2. The first-order chi connectivity index (χ1) is 9.74. The van der Waals surface area contributed by atoms with Gasteiger partial charge in [0.2, 0.25) is 5.88 Å². The molecule has 2 heterocycles. The summed E-state index contributed by atoms with van der Waals surface area (Å²) in [6.07, 6.45) is 0.750. The predicted octanol–water partition coefficient (Wildman–Crippen LogP) is 3.71. The molecule has 2 aromatic heterocycles. The van der Waals surface area contributed by atoms with Crippen LogP contribution >= 0.6 is 15.9 Å². The third-order valence-electron chi connectivity index (χ3n) is 2.92. The van der Waals surface area contributed by atoms with Crippen LogP contribution in [0.15, 0.2) is 40.9 Å². The normalized spacial score (nSPS) is 10.9. The van der Waals surface area contributed by atoms with Gasteiger partial charge in [0, 0.05) is 17.0 Å². The number of hydrogen-bond acceptors (Lipinski definition) is 3. The van der Waals surface area contributed by atoms with E-state index < -0.39 is 0 Å². The van der Waals surface area contributed by atoms with E-state index in [1.54, 1.807) is 0 Å². The van der Waals surface area contributed by atoms with Gasteiger partial charge in [0.1, 0.15) is 5.82 Å². The fourth-order valence-corrected chi connectivity index (χ4v) is 2.52. The third kappa shape index (κ3) is 2.82. The molecule has 1 N–H and O–H groups in total. The molecule has 4 nitrogen and oxygen atoms in total. The number of rotatable bonds is 4. The van der Waals surface area contributed by atoms with E-state index in [0.717, 1.165) is 22.2 Å². The molecule has 1 aromatic carbocycles. The van der Waals surface area contributed by atoms with Gasteiger partial charge in [-0.25, -0.2) is 4.98 Å². The molecule has 0 aliphatic carbocycles. The summed E-state index contributed by atoms with van der Waals surface area (Å²) < 4.78 is 6.46. The molecular formula is C15H14BrN3O. The summed E-state index contributed by atoms with van der Waals surface area (Å²) in [5.41, 5.74) is 2.82. The Kier molecular flexibility index (Phi) is 3.69. The first-order valence-corrected chi connectivity index (χ1v) is 7.27. The van der Waals surface area contributed by atoms with Gasteiger partial charge in [-0.3, -0.25) is 0 Å². The van der Waals surface area contributed by atoms with Crippen molar-refractivity contribution in [3.63, 3.8) is 0 Å². The maximum Gasteiger partial charge on any atom is 0.215 e. The van der Waals surface area contributed by atoms with Crippen LogP contribution in [-0.4, -0.2) is 21.6 Å². The first-order valence-electron chi connectivity index (χ1n) is 6.47. The quantitative estimate of drug-likeness (QED) is 0.792. The molecule has 5 heteroatoms. The highest BCUT2D eigenvalue weighted by molar-refractivity contribution is 9.10. The number of ether oxygens (including phenoxy) is 1. The van der Waals surface area contributed by atoms with Crippen molar-refractivity contribution in [2.24, 2.45) is 0 Å². The lowest BCUT2D eigenvalue weighted by molar-refractivity contribution is 0.328. The Hall–Kier alpha value is -1.88. The smallest absolute Gasteiger partial charge is 0.215 e. The number of hydrogen-bond donors (Lipinski definition) is 1. The van der Waals surface area contributed by atoms with Crippen LogP contribution in [0.1, 0.15) is 18.3 Å². The fraction of sp³-hybridized carbons (Fsp3) is 0.200. The van der Waals surface area contributed by atoms with E-state index >= 15 is 0 Å². The van der Waals surface area contributed by atoms with Crippen LogP contribution in [-0.2, 0) is 6.42 Å². The molecule has 0 spiro atoms. The van der Waals surface area contributed by atoms with Gasteiger partial charge in [-0.2, -0.15) is 4.98 Å². The Balaban J connectivity index is 1.89. The van der Waals surface area contributed by atoms with Crippen LogP contribution in [0.5, 0.6) is 5.88 Å². The number of benzene rings is 1. The molecule has 0 aliphatic rings. The van der Waals surface area contributed by atoms with Crippen molar-refractivity contribution in [1.29, 1.82) is 0 Å². The molecule has 102 valence electrons. The summed E-state index contributed by atoms with van der Waals surface area (Å²) in [5.74, 6) is 1.51. The first kappa shape index (κ1) is 13.1. The van der Waals surface area contributed by atoms with Crippen molar-refractivity contribution in [1.82, 2.24) is 15.0 Å². The Labute approximate surface area is 125 Å². The lowest BCUT2D eigenvalue weighted by Gasteiger charge is -1.99. The van der Waals surface area contributed by atoms with Gasteiger partial charge < -0.3 is 9.72 Å². The number of aromatic nitrogens is 3. The van der Waals surface area contributed by atoms with E-state index in [1.165, 1.54) is 5.56 Å². The van der Waals surface area contributed by atoms with Gasteiger partial charge >= 0.3 is 0 Å². The highest BCUT2D eigenvalue weighted by atomic mass is 79.9. The van der Waals surface area contributed by atoms with E-state index in [9.17, 15) is 0 Å². The lowest BCUT2D eigenvalue weighted by Crippen LogP contribution is -1.93. The Morgan fingerprint density at radius 3 is 2.90 bits per heavy atom. The van der Waals surface area contributed by atoms with Gasteiger partial charge in [-0.1, -0.05) is 28.1 Å². The second-order valence-electron chi connectivity index (χ2n) is 4.44. The average molecular weight is 332 g/mol. The van der Waals surface area contributed by atoms with Crippen molar-refractivity contribution in [3.05, 3.63) is 52.3 Å². The third-order valence-corrected chi connectivity index (χ3v) is 3.42. The predicted molar refractivity (Wildman–Crippen MR) is 82.0 cm³/mol. The van der Waals surface area contributed by atoms with Crippen molar-refractivity contribution in [2.45, 2.75) is 13.3 Å². The number of nitrogens with one attached hydrogen (secondary N) is 1. The molecule has 3 aromatic rings. The number of halogens is 1. The lowest BCUT2D eigenvalue weighted by atomic mass is 10.1. The molecule has 0 bridgehead atoms. The molecule has 0 aliphatic heterocycles. The van der Waals surface area contributed by atoms with Crippen molar-refractivity contribution < 1.29 is 4.74 Å². The standard InChI is InChI=1S/C15H14BrN3O/c1-2-20-14-7-6-12-15(19-14)18-13(17-12)9-10-4-3-5-11(16)8-10/h3-8H,2,9H2,1H3,(H,17,18,19). The minimum absolute atomic E-state index is 0.605. The van der Waals surface area contributed by atoms with Crippen molar-refractivity contribution in [2.75, 3.05) is 6.61 Å². The van der Waals surface area contributed by atoms with Gasteiger partial charge in [0.05, 0.1) is 12.1 Å². The monoisotopic (exact) mass is 331 g/mol. The molecule has 0 fully saturated rings. The summed E-state index contributed by atoms with van der Waals surface area (Å²) in [5, 5.41) is 0. The summed E-state index contributed by atoms with van der Waals surface area (Å²) in [6.45, 7) is 2.54. The van der Waals surface area contributed by atoms with E-state index in [2.05, 4.69) is 43.0 Å². The number of fused-ring (bicyclic) bond motifs is 1. The summed E-state index contributed by atoms with van der Waals surface area (Å²) in [6, 6.07) is 12.0. The molecule has 0 amide bonds. The zero-order chi connectivity index (χ0) is 13.9. The SMILES string of the molecule is CCOc1ccc2[nH]c(Cc3cccc(Br)c3)nc2n1. The topological polar surface area (TPSA) is 50.8 Å². The second kappa shape index (κ2) is 5.63. The molecule has 0 unspecified atom stereocenters. The zero-order valence-corrected chi connectivity index (χ0v) is 12.6. The fourth-order valence-electron chi connectivity index (χ4n) is 2.08. The van der Waals surface area contributed by atoms with Crippen LogP contribution in [0, 0.1) is 0 Å². The summed E-state index contributed by atoms with van der Waals surface area (Å²) in [7, 11) is 0. The van der Waals surface area contributed by atoms with E-state index in [1.807, 2.05) is 31.2 Å². The minimum atomic E-state index is 0.605. The summed E-state index contributed by atoms with van der Waals surface area (Å²) in [4.78, 5) is 12.2. The second-order valence-corrected chi connectivity index (χ2v) is 5.36. The summed E-state index contributed by atoms with van der Waals surface area (Å²) >= 11 is 3.48. The van der Waals surface area contributed by atoms with Crippen LogP contribution < -0.4 is 4.74 Å². The highest BCUT2D eigenvalue weighted by Crippen LogP contribution is 2.18. The number of H-pyrrole nitrogens is 1. The number of aromatic amines is 1. The Morgan fingerprint density at radius 2 is 2.10 bits per heavy atom. The van der Waals surface area contributed by atoms with Gasteiger partial charge in [0.15, 0.2) is 5.65 Å². The van der Waals surface area contributed by atoms with Crippen LogP contribution in [0.2, 0.25) is 0 Å². The van der Waals surface area contributed by atoms with Crippen molar-refractivity contribution in [3.8, 4) is 5.88 Å². The molecule has 0 atom stereocenters. The Bertz CT molecular complexity index is 739.